The summed E-state index contributed by atoms with van der Waals surface area (Å²) in [5, 5.41) is 12.3. The first kappa shape index (κ1) is 14.7. The molecule has 0 aliphatic rings. The molecule has 3 nitrogen and oxygen atoms in total. The summed E-state index contributed by atoms with van der Waals surface area (Å²) >= 11 is 5.85. The zero-order valence-electron chi connectivity index (χ0n) is 10.6. The summed E-state index contributed by atoms with van der Waals surface area (Å²) in [6.07, 6.45) is 3.69. The van der Waals surface area contributed by atoms with Gasteiger partial charge in [0.25, 0.3) is 0 Å². The maximum Gasteiger partial charge on any atom is 0.244 e. The average molecular weight is 268 g/mol. The van der Waals surface area contributed by atoms with Gasteiger partial charge in [0.15, 0.2) is 0 Å². The molecule has 0 spiro atoms. The summed E-state index contributed by atoms with van der Waals surface area (Å²) in [5.74, 6) is -0.187. The first-order valence-corrected chi connectivity index (χ1v) is 6.17. The second-order valence-corrected chi connectivity index (χ2v) is 5.17. The van der Waals surface area contributed by atoms with Crippen molar-refractivity contribution in [2.24, 2.45) is 0 Å². The number of benzene rings is 1. The van der Waals surface area contributed by atoms with Crippen molar-refractivity contribution in [1.82, 2.24) is 5.32 Å². The molecule has 0 fully saturated rings. The normalized spacial score (nSPS) is 11.8. The molecule has 0 unspecified atom stereocenters. The van der Waals surface area contributed by atoms with Crippen LogP contribution in [0.2, 0.25) is 5.02 Å². The SMILES string of the molecule is CC(C)(CCO)NC(=O)/C=C/c1cccc(Cl)c1. The molecule has 0 saturated carbocycles. The molecular formula is C14H18ClNO2. The van der Waals surface area contributed by atoms with Crippen LogP contribution in [0, 0.1) is 0 Å². The minimum absolute atomic E-state index is 0.0469. The number of carbonyl (C=O) groups is 1. The van der Waals surface area contributed by atoms with E-state index < -0.39 is 5.54 Å². The average Bonchev–Trinajstić information content (AvgIpc) is 2.25. The lowest BCUT2D eigenvalue weighted by atomic mass is 10.0. The molecule has 1 rings (SSSR count). The summed E-state index contributed by atoms with van der Waals surface area (Å²) in [6, 6.07) is 7.26. The third-order valence-electron chi connectivity index (χ3n) is 2.47. The maximum absolute atomic E-state index is 11.7. The second-order valence-electron chi connectivity index (χ2n) is 4.74. The molecule has 0 aliphatic carbocycles. The lowest BCUT2D eigenvalue weighted by molar-refractivity contribution is -0.118. The third kappa shape index (κ3) is 5.34. The van der Waals surface area contributed by atoms with E-state index >= 15 is 0 Å². The number of rotatable bonds is 5. The van der Waals surface area contributed by atoms with Crippen LogP contribution < -0.4 is 5.32 Å². The Bertz CT molecular complexity index is 441. The van der Waals surface area contributed by atoms with Gasteiger partial charge in [-0.1, -0.05) is 23.7 Å². The summed E-state index contributed by atoms with van der Waals surface area (Å²) in [5.41, 5.74) is 0.461. The van der Waals surface area contributed by atoms with E-state index in [1.165, 1.54) is 6.08 Å². The van der Waals surface area contributed by atoms with Gasteiger partial charge >= 0.3 is 0 Å². The molecule has 2 N–H and O–H groups in total. The predicted molar refractivity (Wildman–Crippen MR) is 74.4 cm³/mol. The molecule has 0 atom stereocenters. The lowest BCUT2D eigenvalue weighted by Crippen LogP contribution is -2.43. The van der Waals surface area contributed by atoms with Crippen LogP contribution in [0.25, 0.3) is 6.08 Å². The van der Waals surface area contributed by atoms with Crippen LogP contribution in [0.4, 0.5) is 0 Å². The lowest BCUT2D eigenvalue weighted by Gasteiger charge is -2.24. The molecule has 0 aliphatic heterocycles. The van der Waals surface area contributed by atoms with Gasteiger partial charge in [-0.05, 0) is 44.0 Å². The van der Waals surface area contributed by atoms with Crippen molar-refractivity contribution in [3.05, 3.63) is 40.9 Å². The number of hydrogen-bond donors (Lipinski definition) is 2. The van der Waals surface area contributed by atoms with Gasteiger partial charge in [-0.3, -0.25) is 4.79 Å². The molecule has 0 saturated heterocycles. The molecular weight excluding hydrogens is 250 g/mol. The summed E-state index contributed by atoms with van der Waals surface area (Å²) in [4.78, 5) is 11.7. The van der Waals surface area contributed by atoms with Crippen molar-refractivity contribution in [3.8, 4) is 0 Å². The van der Waals surface area contributed by atoms with E-state index in [9.17, 15) is 4.79 Å². The number of aliphatic hydroxyl groups is 1. The van der Waals surface area contributed by atoms with E-state index in [4.69, 9.17) is 16.7 Å². The fourth-order valence-corrected chi connectivity index (χ4v) is 1.70. The van der Waals surface area contributed by atoms with E-state index in [0.29, 0.717) is 11.4 Å². The Morgan fingerprint density at radius 1 is 1.50 bits per heavy atom. The zero-order chi connectivity index (χ0) is 13.6. The summed E-state index contributed by atoms with van der Waals surface area (Å²) in [6.45, 7) is 3.79. The highest BCUT2D eigenvalue weighted by atomic mass is 35.5. The van der Waals surface area contributed by atoms with E-state index in [0.717, 1.165) is 5.56 Å². The topological polar surface area (TPSA) is 49.3 Å². The molecule has 18 heavy (non-hydrogen) atoms. The van der Waals surface area contributed by atoms with Crippen molar-refractivity contribution in [3.63, 3.8) is 0 Å². The van der Waals surface area contributed by atoms with Crippen LogP contribution in [-0.4, -0.2) is 23.2 Å². The molecule has 1 aromatic carbocycles. The first-order valence-electron chi connectivity index (χ1n) is 5.79. The number of amides is 1. The molecule has 0 radical (unpaired) electrons. The molecule has 1 aromatic rings. The minimum Gasteiger partial charge on any atom is -0.396 e. The van der Waals surface area contributed by atoms with Gasteiger partial charge in [0.05, 0.1) is 0 Å². The van der Waals surface area contributed by atoms with E-state index in [1.807, 2.05) is 26.0 Å². The van der Waals surface area contributed by atoms with Crippen molar-refractivity contribution in [1.29, 1.82) is 0 Å². The second kappa shape index (κ2) is 6.57. The maximum atomic E-state index is 11.7. The van der Waals surface area contributed by atoms with Gasteiger partial charge in [0, 0.05) is 23.2 Å². The number of carbonyl (C=O) groups excluding carboxylic acids is 1. The van der Waals surface area contributed by atoms with E-state index in [-0.39, 0.29) is 12.5 Å². The van der Waals surface area contributed by atoms with Crippen molar-refractivity contribution >= 4 is 23.6 Å². The van der Waals surface area contributed by atoms with Crippen LogP contribution in [0.15, 0.2) is 30.3 Å². The fourth-order valence-electron chi connectivity index (χ4n) is 1.50. The van der Waals surface area contributed by atoms with Gasteiger partial charge in [-0.25, -0.2) is 0 Å². The molecule has 98 valence electrons. The quantitative estimate of drug-likeness (QED) is 0.806. The van der Waals surface area contributed by atoms with Gasteiger partial charge in [0.1, 0.15) is 0 Å². The monoisotopic (exact) mass is 267 g/mol. The Balaban J connectivity index is 2.60. The van der Waals surface area contributed by atoms with Crippen molar-refractivity contribution in [2.75, 3.05) is 6.61 Å². The molecule has 0 heterocycles. The highest BCUT2D eigenvalue weighted by molar-refractivity contribution is 6.30. The predicted octanol–water partition coefficient (Wildman–Crippen LogP) is 2.63. The van der Waals surface area contributed by atoms with Crippen LogP contribution >= 0.6 is 11.6 Å². The Kier molecular flexibility index (Phi) is 5.38. The Morgan fingerprint density at radius 2 is 2.22 bits per heavy atom. The smallest absolute Gasteiger partial charge is 0.244 e. The highest BCUT2D eigenvalue weighted by Gasteiger charge is 2.17. The standard InChI is InChI=1S/C14H18ClNO2/c1-14(2,8-9-17)16-13(18)7-6-11-4-3-5-12(15)10-11/h3-7,10,17H,8-9H2,1-2H3,(H,16,18)/b7-6+. The number of nitrogens with one attached hydrogen (secondary N) is 1. The molecule has 0 bridgehead atoms. The molecule has 1 amide bonds. The highest BCUT2D eigenvalue weighted by Crippen LogP contribution is 2.12. The largest absolute Gasteiger partial charge is 0.396 e. The Labute approximate surface area is 112 Å². The zero-order valence-corrected chi connectivity index (χ0v) is 11.4. The van der Waals surface area contributed by atoms with Gasteiger partial charge < -0.3 is 10.4 Å². The van der Waals surface area contributed by atoms with Crippen LogP contribution in [-0.2, 0) is 4.79 Å². The minimum atomic E-state index is -0.412. The Morgan fingerprint density at radius 3 is 2.83 bits per heavy atom. The van der Waals surface area contributed by atoms with E-state index in [2.05, 4.69) is 5.32 Å². The van der Waals surface area contributed by atoms with Crippen molar-refractivity contribution < 1.29 is 9.90 Å². The van der Waals surface area contributed by atoms with Crippen molar-refractivity contribution in [2.45, 2.75) is 25.8 Å². The first-order chi connectivity index (χ1) is 8.43. The number of hydrogen-bond acceptors (Lipinski definition) is 2. The van der Waals surface area contributed by atoms with Gasteiger partial charge in [-0.2, -0.15) is 0 Å². The fraction of sp³-hybridized carbons (Fsp3) is 0.357. The Hall–Kier alpha value is -1.32. The third-order valence-corrected chi connectivity index (χ3v) is 2.71. The summed E-state index contributed by atoms with van der Waals surface area (Å²) < 4.78 is 0. The number of halogens is 1. The number of aliphatic hydroxyl groups excluding tert-OH is 1. The van der Waals surface area contributed by atoms with Gasteiger partial charge in [0.2, 0.25) is 5.91 Å². The molecule has 4 heteroatoms. The molecule has 0 aromatic heterocycles. The summed E-state index contributed by atoms with van der Waals surface area (Å²) in [7, 11) is 0. The van der Waals surface area contributed by atoms with Crippen LogP contribution in [0.5, 0.6) is 0 Å². The van der Waals surface area contributed by atoms with Crippen LogP contribution in [0.1, 0.15) is 25.8 Å². The van der Waals surface area contributed by atoms with Crippen LogP contribution in [0.3, 0.4) is 0 Å². The van der Waals surface area contributed by atoms with E-state index in [1.54, 1.807) is 18.2 Å². The van der Waals surface area contributed by atoms with Gasteiger partial charge in [-0.15, -0.1) is 0 Å².